The van der Waals surface area contributed by atoms with Crippen LogP contribution in [-0.2, 0) is 11.2 Å². The smallest absolute Gasteiger partial charge is 0.274 e. The largest absolute Gasteiger partial charge is 0.339 e. The summed E-state index contributed by atoms with van der Waals surface area (Å²) in [5, 5.41) is 8.88. The van der Waals surface area contributed by atoms with Gasteiger partial charge in [0.05, 0.1) is 0 Å². The molecule has 1 fully saturated rings. The summed E-state index contributed by atoms with van der Waals surface area (Å²) in [6.45, 7) is 1.80. The molecule has 1 aromatic rings. The lowest BCUT2D eigenvalue weighted by atomic mass is 9.81. The van der Waals surface area contributed by atoms with Gasteiger partial charge in [0.25, 0.3) is 5.91 Å². The van der Waals surface area contributed by atoms with Gasteiger partial charge in [0.1, 0.15) is 0 Å². The minimum atomic E-state index is -0.491. The van der Waals surface area contributed by atoms with Crippen LogP contribution < -0.4 is 5.48 Å². The Bertz CT molecular complexity index is 780. The van der Waals surface area contributed by atoms with Gasteiger partial charge in [0, 0.05) is 24.2 Å². The third kappa shape index (κ3) is 3.65. The first-order valence-corrected chi connectivity index (χ1v) is 10.3. The van der Waals surface area contributed by atoms with E-state index in [1.165, 1.54) is 24.8 Å². The molecular formula is C22H28N2O3. The number of carbonyl (C=O) groups excluding carboxylic acids is 2. The fourth-order valence-electron chi connectivity index (χ4n) is 4.63. The van der Waals surface area contributed by atoms with Gasteiger partial charge in [-0.2, -0.15) is 0 Å². The molecule has 5 heteroatoms. The van der Waals surface area contributed by atoms with Crippen LogP contribution in [0.15, 0.2) is 23.8 Å². The molecule has 0 spiro atoms. The predicted octanol–water partition coefficient (Wildman–Crippen LogP) is 3.71. The number of amides is 2. The fraction of sp³-hybridized carbons (Fsp3) is 0.545. The van der Waals surface area contributed by atoms with Crippen molar-refractivity contribution in [2.45, 2.75) is 57.8 Å². The number of rotatable bonds is 3. The maximum absolute atomic E-state index is 13.4. The van der Waals surface area contributed by atoms with Crippen LogP contribution in [0.5, 0.6) is 0 Å². The summed E-state index contributed by atoms with van der Waals surface area (Å²) in [4.78, 5) is 27.2. The molecule has 2 amide bonds. The van der Waals surface area contributed by atoms with E-state index in [2.05, 4.69) is 4.90 Å². The molecule has 2 N–H and O–H groups in total. The Morgan fingerprint density at radius 2 is 1.93 bits per heavy atom. The van der Waals surface area contributed by atoms with Crippen molar-refractivity contribution in [3.63, 3.8) is 0 Å². The number of fused-ring (bicyclic) bond motifs is 2. The SMILES string of the molecule is O=C(NO)c1ccc2c(c1)CCC1=C2CCCCCN(CC2CCC2)C1=O. The molecule has 4 rings (SSSR count). The Morgan fingerprint density at radius 1 is 1.07 bits per heavy atom. The molecule has 5 nitrogen and oxygen atoms in total. The molecule has 0 radical (unpaired) electrons. The van der Waals surface area contributed by atoms with Crippen LogP contribution in [0.4, 0.5) is 0 Å². The number of allylic oxidation sites excluding steroid dienone is 1. The van der Waals surface area contributed by atoms with Crippen molar-refractivity contribution in [3.05, 3.63) is 40.5 Å². The lowest BCUT2D eigenvalue weighted by Gasteiger charge is -2.34. The predicted molar refractivity (Wildman–Crippen MR) is 103 cm³/mol. The van der Waals surface area contributed by atoms with Crippen LogP contribution in [0.2, 0.25) is 0 Å². The van der Waals surface area contributed by atoms with E-state index in [-0.39, 0.29) is 5.91 Å². The number of aryl methyl sites for hydroxylation is 1. The standard InChI is InChI=1S/C22H28N2O3/c25-21(23-27)17-9-10-18-16(13-17)8-11-20-19(18)7-2-1-3-12-24(22(20)26)14-15-5-4-6-15/h9-10,13,15,27H,1-8,11-12,14H2,(H,23,25). The zero-order chi connectivity index (χ0) is 18.8. The second-order valence-electron chi connectivity index (χ2n) is 8.13. The summed E-state index contributed by atoms with van der Waals surface area (Å²) < 4.78 is 0. The summed E-state index contributed by atoms with van der Waals surface area (Å²) in [6, 6.07) is 5.55. The van der Waals surface area contributed by atoms with Crippen LogP contribution >= 0.6 is 0 Å². The van der Waals surface area contributed by atoms with E-state index < -0.39 is 5.91 Å². The highest BCUT2D eigenvalue weighted by atomic mass is 16.5. The van der Waals surface area contributed by atoms with E-state index in [4.69, 9.17) is 5.21 Å². The van der Waals surface area contributed by atoms with Crippen molar-refractivity contribution in [2.24, 2.45) is 5.92 Å². The maximum Gasteiger partial charge on any atom is 0.274 e. The molecule has 1 saturated carbocycles. The van der Waals surface area contributed by atoms with Crippen molar-refractivity contribution in [2.75, 3.05) is 13.1 Å². The van der Waals surface area contributed by atoms with Crippen LogP contribution in [0.3, 0.4) is 0 Å². The van der Waals surface area contributed by atoms with Crippen LogP contribution in [0, 0.1) is 5.92 Å². The van der Waals surface area contributed by atoms with E-state index in [0.717, 1.165) is 68.3 Å². The minimum Gasteiger partial charge on any atom is -0.339 e. The van der Waals surface area contributed by atoms with Gasteiger partial charge in [-0.25, -0.2) is 5.48 Å². The molecule has 1 aromatic carbocycles. The molecule has 0 unspecified atom stereocenters. The summed E-state index contributed by atoms with van der Waals surface area (Å²) in [7, 11) is 0. The first kappa shape index (κ1) is 18.2. The molecular weight excluding hydrogens is 340 g/mol. The van der Waals surface area contributed by atoms with Crippen LogP contribution in [0.25, 0.3) is 5.57 Å². The van der Waals surface area contributed by atoms with Gasteiger partial charge in [-0.15, -0.1) is 0 Å². The molecule has 0 saturated heterocycles. The summed E-state index contributed by atoms with van der Waals surface area (Å²) >= 11 is 0. The van der Waals surface area contributed by atoms with Crippen molar-refractivity contribution in [1.82, 2.24) is 10.4 Å². The molecule has 0 atom stereocenters. The first-order chi connectivity index (χ1) is 13.2. The molecule has 27 heavy (non-hydrogen) atoms. The highest BCUT2D eigenvalue weighted by Crippen LogP contribution is 2.37. The number of hydrogen-bond donors (Lipinski definition) is 2. The zero-order valence-corrected chi connectivity index (χ0v) is 15.8. The van der Waals surface area contributed by atoms with Gasteiger partial charge in [0.15, 0.2) is 0 Å². The van der Waals surface area contributed by atoms with Gasteiger partial charge in [-0.1, -0.05) is 18.9 Å². The highest BCUT2D eigenvalue weighted by molar-refractivity contribution is 6.03. The Hall–Kier alpha value is -2.14. The number of nitrogens with zero attached hydrogens (tertiary/aromatic N) is 1. The van der Waals surface area contributed by atoms with Gasteiger partial charge >= 0.3 is 0 Å². The number of hydroxylamine groups is 1. The lowest BCUT2D eigenvalue weighted by molar-refractivity contribution is -0.128. The molecule has 3 aliphatic rings. The first-order valence-electron chi connectivity index (χ1n) is 10.3. The summed E-state index contributed by atoms with van der Waals surface area (Å²) in [5.74, 6) is 0.436. The Balaban J connectivity index is 1.67. The summed E-state index contributed by atoms with van der Waals surface area (Å²) in [5.41, 5.74) is 6.55. The third-order valence-corrected chi connectivity index (χ3v) is 6.41. The Labute approximate surface area is 160 Å². The monoisotopic (exact) mass is 368 g/mol. The minimum absolute atomic E-state index is 0.238. The normalized spacial score (nSPS) is 20.8. The van der Waals surface area contributed by atoms with Crippen LogP contribution in [-0.4, -0.2) is 35.0 Å². The van der Waals surface area contributed by atoms with Gasteiger partial charge in [0.2, 0.25) is 5.91 Å². The molecule has 1 heterocycles. The van der Waals surface area contributed by atoms with Crippen LogP contribution in [0.1, 0.15) is 72.9 Å². The number of benzene rings is 1. The molecule has 1 aliphatic heterocycles. The average Bonchev–Trinajstić information content (AvgIpc) is 2.73. The average molecular weight is 368 g/mol. The molecule has 144 valence electrons. The van der Waals surface area contributed by atoms with E-state index in [9.17, 15) is 9.59 Å². The van der Waals surface area contributed by atoms with Gasteiger partial charge in [-0.3, -0.25) is 14.8 Å². The second kappa shape index (κ2) is 7.85. The van der Waals surface area contributed by atoms with Crippen molar-refractivity contribution >= 4 is 17.4 Å². The maximum atomic E-state index is 13.4. The molecule has 0 aromatic heterocycles. The van der Waals surface area contributed by atoms with E-state index in [0.29, 0.717) is 11.5 Å². The van der Waals surface area contributed by atoms with Crippen molar-refractivity contribution < 1.29 is 14.8 Å². The zero-order valence-electron chi connectivity index (χ0n) is 15.8. The number of carbonyl (C=O) groups is 2. The Kier molecular flexibility index (Phi) is 5.30. The second-order valence-corrected chi connectivity index (χ2v) is 8.13. The van der Waals surface area contributed by atoms with Crippen molar-refractivity contribution in [3.8, 4) is 0 Å². The lowest BCUT2D eigenvalue weighted by Crippen LogP contribution is -2.39. The summed E-state index contributed by atoms with van der Waals surface area (Å²) in [6.07, 6.45) is 9.59. The topological polar surface area (TPSA) is 69.6 Å². The quantitative estimate of drug-likeness (QED) is 0.631. The number of hydrogen-bond acceptors (Lipinski definition) is 3. The van der Waals surface area contributed by atoms with Gasteiger partial charge in [-0.05, 0) is 79.7 Å². The van der Waals surface area contributed by atoms with E-state index in [1.807, 2.05) is 12.1 Å². The number of nitrogens with one attached hydrogen (secondary N) is 1. The van der Waals surface area contributed by atoms with Crippen molar-refractivity contribution in [1.29, 1.82) is 0 Å². The van der Waals surface area contributed by atoms with Gasteiger partial charge < -0.3 is 4.90 Å². The highest BCUT2D eigenvalue weighted by Gasteiger charge is 2.30. The molecule has 0 bridgehead atoms. The van der Waals surface area contributed by atoms with E-state index in [1.54, 1.807) is 11.5 Å². The van der Waals surface area contributed by atoms with E-state index >= 15 is 0 Å². The molecule has 2 aliphatic carbocycles. The third-order valence-electron chi connectivity index (χ3n) is 6.41. The Morgan fingerprint density at radius 3 is 2.67 bits per heavy atom. The fourth-order valence-corrected chi connectivity index (χ4v) is 4.63.